The molecule has 2 heterocycles. The molecule has 0 bridgehead atoms. The first-order valence-corrected chi connectivity index (χ1v) is 13.4. The van der Waals surface area contributed by atoms with Crippen LogP contribution in [-0.2, 0) is 29.1 Å². The van der Waals surface area contributed by atoms with Gasteiger partial charge in [0, 0.05) is 11.4 Å². The van der Waals surface area contributed by atoms with Crippen LogP contribution in [0.1, 0.15) is 65.8 Å². The van der Waals surface area contributed by atoms with Crippen molar-refractivity contribution >= 4 is 40.0 Å². The summed E-state index contributed by atoms with van der Waals surface area (Å²) in [7, 11) is 1.34. The molecule has 0 spiro atoms. The molecule has 0 aliphatic heterocycles. The molecule has 1 amide bonds. The van der Waals surface area contributed by atoms with E-state index in [2.05, 4.69) is 41.5 Å². The highest BCUT2D eigenvalue weighted by molar-refractivity contribution is 7.99. The molecule has 0 aliphatic carbocycles. The zero-order valence-corrected chi connectivity index (χ0v) is 22.6. The lowest BCUT2D eigenvalue weighted by Crippen LogP contribution is -2.17. The van der Waals surface area contributed by atoms with E-state index in [1.807, 2.05) is 37.5 Å². The second-order valence-electron chi connectivity index (χ2n) is 8.18. The van der Waals surface area contributed by atoms with Crippen LogP contribution < -0.4 is 10.1 Å². The summed E-state index contributed by atoms with van der Waals surface area (Å²) in [6.07, 6.45) is 0.684. The molecule has 1 aromatic carbocycles. The number of nitrogens with one attached hydrogen (secondary N) is 1. The Morgan fingerprint density at radius 1 is 1.17 bits per heavy atom. The van der Waals surface area contributed by atoms with Crippen molar-refractivity contribution in [3.8, 4) is 5.75 Å². The van der Waals surface area contributed by atoms with E-state index < -0.39 is 5.97 Å². The Balaban J connectivity index is 1.62. The average Bonchev–Trinajstić information content (AvgIpc) is 3.39. The fourth-order valence-electron chi connectivity index (χ4n) is 3.65. The molecule has 0 atom stereocenters. The van der Waals surface area contributed by atoms with Gasteiger partial charge in [-0.15, -0.1) is 21.5 Å². The average molecular weight is 517 g/mol. The second-order valence-corrected chi connectivity index (χ2v) is 10.3. The second kappa shape index (κ2) is 12.2. The van der Waals surface area contributed by atoms with Crippen LogP contribution in [0.5, 0.6) is 5.75 Å². The molecular weight excluding hydrogens is 484 g/mol. The number of rotatable bonds is 11. The van der Waals surface area contributed by atoms with E-state index in [0.717, 1.165) is 16.2 Å². The van der Waals surface area contributed by atoms with Crippen molar-refractivity contribution in [3.63, 3.8) is 0 Å². The van der Waals surface area contributed by atoms with Crippen LogP contribution in [0.2, 0.25) is 0 Å². The van der Waals surface area contributed by atoms with Gasteiger partial charge in [0.05, 0.1) is 18.4 Å². The number of hydrogen-bond donors (Lipinski definition) is 1. The number of nitrogens with zero attached hydrogens (tertiary/aromatic N) is 3. The minimum atomic E-state index is -0.441. The third kappa shape index (κ3) is 6.43. The summed E-state index contributed by atoms with van der Waals surface area (Å²) in [5.74, 6) is 1.40. The van der Waals surface area contributed by atoms with Gasteiger partial charge in [0.2, 0.25) is 5.91 Å². The number of methoxy groups -OCH3 is 1. The minimum Gasteiger partial charge on any atom is -0.486 e. The number of carbonyl (C=O) groups excluding carboxylic acids is 2. The van der Waals surface area contributed by atoms with E-state index >= 15 is 0 Å². The zero-order chi connectivity index (χ0) is 25.5. The number of aryl methyl sites for hydroxylation is 1. The van der Waals surface area contributed by atoms with Crippen molar-refractivity contribution in [2.24, 2.45) is 0 Å². The molecule has 10 heteroatoms. The van der Waals surface area contributed by atoms with Crippen LogP contribution >= 0.6 is 23.1 Å². The van der Waals surface area contributed by atoms with Gasteiger partial charge in [-0.2, -0.15) is 0 Å². The summed E-state index contributed by atoms with van der Waals surface area (Å²) in [6.45, 7) is 11.2. The molecule has 0 aliphatic rings. The number of thiophene rings is 1. The van der Waals surface area contributed by atoms with Gasteiger partial charge in [-0.25, -0.2) is 4.79 Å². The molecule has 3 rings (SSSR count). The van der Waals surface area contributed by atoms with Crippen LogP contribution in [0.3, 0.4) is 0 Å². The number of esters is 1. The predicted molar refractivity (Wildman–Crippen MR) is 140 cm³/mol. The lowest BCUT2D eigenvalue weighted by molar-refractivity contribution is -0.113. The van der Waals surface area contributed by atoms with E-state index in [9.17, 15) is 9.59 Å². The largest absolute Gasteiger partial charge is 0.486 e. The highest BCUT2D eigenvalue weighted by Gasteiger charge is 2.23. The van der Waals surface area contributed by atoms with Crippen LogP contribution in [-0.4, -0.2) is 39.5 Å². The van der Waals surface area contributed by atoms with E-state index in [-0.39, 0.29) is 18.3 Å². The maximum Gasteiger partial charge on any atom is 0.341 e. The fourth-order valence-corrected chi connectivity index (χ4v) is 5.62. The number of carbonyl (C=O) groups is 2. The van der Waals surface area contributed by atoms with Gasteiger partial charge < -0.3 is 19.4 Å². The number of amides is 1. The Morgan fingerprint density at radius 3 is 2.49 bits per heavy atom. The molecule has 2 aromatic heterocycles. The van der Waals surface area contributed by atoms with Crippen LogP contribution in [0.15, 0.2) is 29.4 Å². The highest BCUT2D eigenvalue weighted by Crippen LogP contribution is 2.34. The summed E-state index contributed by atoms with van der Waals surface area (Å²) in [5.41, 5.74) is 2.60. The monoisotopic (exact) mass is 516 g/mol. The molecule has 0 saturated carbocycles. The molecule has 188 valence electrons. The van der Waals surface area contributed by atoms with Crippen molar-refractivity contribution in [2.45, 2.75) is 65.3 Å². The van der Waals surface area contributed by atoms with Gasteiger partial charge in [-0.05, 0) is 49.4 Å². The third-order valence-corrected chi connectivity index (χ3v) is 7.59. The smallest absolute Gasteiger partial charge is 0.341 e. The normalized spacial score (nSPS) is 11.1. The predicted octanol–water partition coefficient (Wildman–Crippen LogP) is 5.45. The Bertz CT molecular complexity index is 1170. The fraction of sp³-hybridized carbons (Fsp3) is 0.440. The zero-order valence-electron chi connectivity index (χ0n) is 21.0. The van der Waals surface area contributed by atoms with Gasteiger partial charge in [-0.3, -0.25) is 4.79 Å². The SMILES string of the molecule is CCc1c(C)sc(NC(=O)CSc2nnc(COc3ccc(C(C)C)cc3)n2CC)c1C(=O)OC. The molecule has 3 aromatic rings. The lowest BCUT2D eigenvalue weighted by Gasteiger charge is -2.10. The minimum absolute atomic E-state index is 0.134. The van der Waals surface area contributed by atoms with Crippen molar-refractivity contribution in [1.29, 1.82) is 0 Å². The van der Waals surface area contributed by atoms with Crippen molar-refractivity contribution in [1.82, 2.24) is 14.8 Å². The van der Waals surface area contributed by atoms with Crippen molar-refractivity contribution < 1.29 is 19.1 Å². The lowest BCUT2D eigenvalue weighted by atomic mass is 10.0. The first kappa shape index (κ1) is 26.7. The van der Waals surface area contributed by atoms with Gasteiger partial charge in [0.1, 0.15) is 17.4 Å². The van der Waals surface area contributed by atoms with Crippen LogP contribution in [0.4, 0.5) is 5.00 Å². The van der Waals surface area contributed by atoms with E-state index in [0.29, 0.717) is 40.4 Å². The summed E-state index contributed by atoms with van der Waals surface area (Å²) < 4.78 is 12.8. The first-order valence-electron chi connectivity index (χ1n) is 11.6. The van der Waals surface area contributed by atoms with Gasteiger partial charge >= 0.3 is 5.97 Å². The quantitative estimate of drug-likeness (QED) is 0.267. The Kier molecular flexibility index (Phi) is 9.33. The molecule has 8 nitrogen and oxygen atoms in total. The Hall–Kier alpha value is -2.85. The van der Waals surface area contributed by atoms with Crippen molar-refractivity contribution in [2.75, 3.05) is 18.2 Å². The first-order chi connectivity index (χ1) is 16.8. The number of aromatic nitrogens is 3. The molecular formula is C25H32N4O4S2. The molecule has 0 radical (unpaired) electrons. The van der Waals surface area contributed by atoms with Gasteiger partial charge in [0.15, 0.2) is 11.0 Å². The summed E-state index contributed by atoms with van der Waals surface area (Å²) in [4.78, 5) is 26.0. The Morgan fingerprint density at radius 2 is 1.89 bits per heavy atom. The molecule has 0 unspecified atom stereocenters. The van der Waals surface area contributed by atoms with E-state index in [1.165, 1.54) is 35.8 Å². The van der Waals surface area contributed by atoms with Gasteiger partial charge in [-0.1, -0.05) is 44.7 Å². The topological polar surface area (TPSA) is 95.3 Å². The Labute approximate surface area is 214 Å². The standard InChI is InChI=1S/C25H32N4O4S2/c1-7-19-16(5)35-23(22(19)24(31)32-6)26-21(30)14-34-25-28-27-20(29(25)8-2)13-33-18-11-9-17(10-12-18)15(3)4/h9-12,15H,7-8,13-14H2,1-6H3,(H,26,30). The number of ether oxygens (including phenoxy) is 2. The van der Waals surface area contributed by atoms with E-state index in [4.69, 9.17) is 9.47 Å². The number of hydrogen-bond acceptors (Lipinski definition) is 8. The maximum absolute atomic E-state index is 12.7. The number of anilines is 1. The molecule has 0 fully saturated rings. The van der Waals surface area contributed by atoms with Crippen LogP contribution in [0.25, 0.3) is 0 Å². The molecule has 35 heavy (non-hydrogen) atoms. The highest BCUT2D eigenvalue weighted by atomic mass is 32.2. The van der Waals surface area contributed by atoms with E-state index in [1.54, 1.807) is 0 Å². The van der Waals surface area contributed by atoms with Gasteiger partial charge in [0.25, 0.3) is 0 Å². The maximum atomic E-state index is 12.7. The summed E-state index contributed by atoms with van der Waals surface area (Å²) in [6, 6.07) is 8.05. The summed E-state index contributed by atoms with van der Waals surface area (Å²) in [5, 5.41) is 12.5. The number of thioether (sulfide) groups is 1. The third-order valence-electron chi connectivity index (χ3n) is 5.56. The van der Waals surface area contributed by atoms with Crippen molar-refractivity contribution in [3.05, 3.63) is 51.7 Å². The molecule has 0 saturated heterocycles. The number of benzene rings is 1. The van der Waals surface area contributed by atoms with Crippen LogP contribution in [0, 0.1) is 6.92 Å². The molecule has 1 N–H and O–H groups in total. The summed E-state index contributed by atoms with van der Waals surface area (Å²) >= 11 is 2.68.